The first-order chi connectivity index (χ1) is 8.20. The lowest BCUT2D eigenvalue weighted by atomic mass is 10.1. The predicted octanol–water partition coefficient (Wildman–Crippen LogP) is 0.219. The Balaban J connectivity index is 3.00. The van der Waals surface area contributed by atoms with Crippen molar-refractivity contribution >= 4 is 15.8 Å². The lowest BCUT2D eigenvalue weighted by Gasteiger charge is -2.08. The molecule has 7 nitrogen and oxygen atoms in total. The SMILES string of the molecule is CC(C)Cc1c(C(=O)O)nnn1CCS(C)(=O)=O. The monoisotopic (exact) mass is 275 g/mol. The quantitative estimate of drug-likeness (QED) is 0.796. The van der Waals surface area contributed by atoms with E-state index in [0.717, 1.165) is 6.26 Å². The number of nitrogens with zero attached hydrogens (tertiary/aromatic N) is 3. The molecule has 1 N–H and O–H groups in total. The van der Waals surface area contributed by atoms with Gasteiger partial charge in [0.15, 0.2) is 5.69 Å². The van der Waals surface area contributed by atoms with Crippen LogP contribution >= 0.6 is 0 Å². The molecule has 0 atom stereocenters. The lowest BCUT2D eigenvalue weighted by molar-refractivity contribution is 0.0689. The number of carboxylic acids is 1. The fourth-order valence-electron chi connectivity index (χ4n) is 1.52. The minimum atomic E-state index is -3.11. The minimum absolute atomic E-state index is 0.0828. The fraction of sp³-hybridized carbons (Fsp3) is 0.700. The number of aromatic carboxylic acids is 1. The molecule has 8 heteroatoms. The number of hydrogen-bond donors (Lipinski definition) is 1. The number of hydrogen-bond acceptors (Lipinski definition) is 5. The second kappa shape index (κ2) is 5.47. The third-order valence-corrected chi connectivity index (χ3v) is 3.24. The van der Waals surface area contributed by atoms with Crippen LogP contribution in [0.25, 0.3) is 0 Å². The van der Waals surface area contributed by atoms with Gasteiger partial charge in [-0.05, 0) is 12.3 Å². The number of sulfone groups is 1. The molecule has 0 aliphatic heterocycles. The summed E-state index contributed by atoms with van der Waals surface area (Å²) in [5, 5.41) is 16.3. The van der Waals surface area contributed by atoms with E-state index in [1.165, 1.54) is 4.68 Å². The molecule has 0 spiro atoms. The van der Waals surface area contributed by atoms with Crippen molar-refractivity contribution in [3.8, 4) is 0 Å². The average molecular weight is 275 g/mol. The van der Waals surface area contributed by atoms with Gasteiger partial charge in [0, 0.05) is 6.26 Å². The number of carbonyl (C=O) groups is 1. The summed E-state index contributed by atoms with van der Waals surface area (Å²) in [6, 6.07) is 0. The smallest absolute Gasteiger partial charge is 0.358 e. The van der Waals surface area contributed by atoms with E-state index in [2.05, 4.69) is 10.3 Å². The highest BCUT2D eigenvalue weighted by Crippen LogP contribution is 2.12. The molecule has 1 rings (SSSR count). The van der Waals surface area contributed by atoms with Crippen LogP contribution in [0, 0.1) is 5.92 Å². The molecule has 0 saturated heterocycles. The van der Waals surface area contributed by atoms with E-state index < -0.39 is 15.8 Å². The van der Waals surface area contributed by atoms with E-state index in [1.54, 1.807) is 0 Å². The topological polar surface area (TPSA) is 102 Å². The Bertz CT molecular complexity index is 533. The maximum Gasteiger partial charge on any atom is 0.358 e. The summed E-state index contributed by atoms with van der Waals surface area (Å²) < 4.78 is 23.6. The van der Waals surface area contributed by atoms with Gasteiger partial charge in [0.2, 0.25) is 0 Å². The van der Waals surface area contributed by atoms with Gasteiger partial charge in [-0.1, -0.05) is 19.1 Å². The van der Waals surface area contributed by atoms with Crippen molar-refractivity contribution in [2.75, 3.05) is 12.0 Å². The highest BCUT2D eigenvalue weighted by molar-refractivity contribution is 7.90. The predicted molar refractivity (Wildman–Crippen MR) is 65.2 cm³/mol. The van der Waals surface area contributed by atoms with Crippen molar-refractivity contribution < 1.29 is 18.3 Å². The normalized spacial score (nSPS) is 12.0. The maximum absolute atomic E-state index is 11.1. The van der Waals surface area contributed by atoms with Crippen LogP contribution in [0.1, 0.15) is 30.0 Å². The largest absolute Gasteiger partial charge is 0.476 e. The Kier molecular flexibility index (Phi) is 4.44. The van der Waals surface area contributed by atoms with Crippen LogP contribution in [0.4, 0.5) is 0 Å². The minimum Gasteiger partial charge on any atom is -0.476 e. The Hall–Kier alpha value is -1.44. The molecule has 0 fully saturated rings. The fourth-order valence-corrected chi connectivity index (χ4v) is 2.02. The Labute approximate surface area is 106 Å². The molecule has 0 saturated carbocycles. The zero-order valence-corrected chi connectivity index (χ0v) is 11.4. The van der Waals surface area contributed by atoms with Crippen LogP contribution in [0.2, 0.25) is 0 Å². The molecule has 1 aromatic heterocycles. The second-order valence-corrected chi connectivity index (χ2v) is 6.90. The Morgan fingerprint density at radius 3 is 2.50 bits per heavy atom. The Morgan fingerprint density at radius 2 is 2.06 bits per heavy atom. The van der Waals surface area contributed by atoms with Gasteiger partial charge in [-0.15, -0.1) is 5.10 Å². The first kappa shape index (κ1) is 14.6. The van der Waals surface area contributed by atoms with Crippen molar-refractivity contribution in [2.45, 2.75) is 26.8 Å². The van der Waals surface area contributed by atoms with Crippen molar-refractivity contribution in [3.63, 3.8) is 0 Å². The zero-order valence-electron chi connectivity index (χ0n) is 10.6. The molecule has 1 aromatic rings. The van der Waals surface area contributed by atoms with Gasteiger partial charge in [-0.3, -0.25) is 0 Å². The summed E-state index contributed by atoms with van der Waals surface area (Å²) in [6.07, 6.45) is 1.63. The summed E-state index contributed by atoms with van der Waals surface area (Å²) in [7, 11) is -3.11. The van der Waals surface area contributed by atoms with E-state index in [0.29, 0.717) is 12.1 Å². The van der Waals surface area contributed by atoms with E-state index in [1.807, 2.05) is 13.8 Å². The third-order valence-electron chi connectivity index (χ3n) is 2.32. The summed E-state index contributed by atoms with van der Waals surface area (Å²) in [4.78, 5) is 11.0. The zero-order chi connectivity index (χ0) is 13.9. The van der Waals surface area contributed by atoms with Crippen molar-refractivity contribution in [2.24, 2.45) is 5.92 Å². The summed E-state index contributed by atoms with van der Waals surface area (Å²) in [5.74, 6) is -0.990. The molecule has 18 heavy (non-hydrogen) atoms. The van der Waals surface area contributed by atoms with Crippen molar-refractivity contribution in [1.29, 1.82) is 0 Å². The van der Waals surface area contributed by atoms with Crippen LogP contribution in [0.5, 0.6) is 0 Å². The van der Waals surface area contributed by atoms with Gasteiger partial charge in [0.25, 0.3) is 0 Å². The van der Waals surface area contributed by atoms with E-state index in [4.69, 9.17) is 5.11 Å². The van der Waals surface area contributed by atoms with Gasteiger partial charge < -0.3 is 5.11 Å². The molecular weight excluding hydrogens is 258 g/mol. The first-order valence-electron chi connectivity index (χ1n) is 5.54. The molecule has 0 aliphatic rings. The van der Waals surface area contributed by atoms with Crippen LogP contribution in [0.15, 0.2) is 0 Å². The van der Waals surface area contributed by atoms with E-state index >= 15 is 0 Å². The maximum atomic E-state index is 11.1. The molecule has 0 amide bonds. The van der Waals surface area contributed by atoms with Gasteiger partial charge in [0.05, 0.1) is 18.0 Å². The molecule has 0 aliphatic carbocycles. The molecule has 0 aromatic carbocycles. The molecule has 0 unspecified atom stereocenters. The van der Waals surface area contributed by atoms with Crippen LogP contribution in [-0.4, -0.2) is 46.5 Å². The summed E-state index contributed by atoms with van der Waals surface area (Å²) >= 11 is 0. The summed E-state index contributed by atoms with van der Waals surface area (Å²) in [5.41, 5.74) is 0.373. The van der Waals surface area contributed by atoms with Gasteiger partial charge >= 0.3 is 5.97 Å². The van der Waals surface area contributed by atoms with Crippen molar-refractivity contribution in [3.05, 3.63) is 11.4 Å². The van der Waals surface area contributed by atoms with Gasteiger partial charge in [-0.2, -0.15) is 0 Å². The summed E-state index contributed by atoms with van der Waals surface area (Å²) in [6.45, 7) is 4.01. The molecular formula is C10H17N3O4S. The second-order valence-electron chi connectivity index (χ2n) is 4.64. The highest BCUT2D eigenvalue weighted by atomic mass is 32.2. The van der Waals surface area contributed by atoms with Gasteiger partial charge in [-0.25, -0.2) is 17.9 Å². The standard InChI is InChI=1S/C10H17N3O4S/c1-7(2)6-8-9(10(14)15)11-12-13(8)4-5-18(3,16)17/h7H,4-6H2,1-3H3,(H,14,15). The third kappa shape index (κ3) is 4.10. The van der Waals surface area contributed by atoms with E-state index in [-0.39, 0.29) is 23.9 Å². The van der Waals surface area contributed by atoms with Crippen LogP contribution in [0.3, 0.4) is 0 Å². The van der Waals surface area contributed by atoms with Crippen LogP contribution < -0.4 is 0 Å². The van der Waals surface area contributed by atoms with E-state index in [9.17, 15) is 13.2 Å². The van der Waals surface area contributed by atoms with Crippen LogP contribution in [-0.2, 0) is 22.8 Å². The number of aryl methyl sites for hydroxylation is 1. The Morgan fingerprint density at radius 1 is 1.44 bits per heavy atom. The number of aromatic nitrogens is 3. The lowest BCUT2D eigenvalue weighted by Crippen LogP contribution is -2.16. The molecule has 0 radical (unpaired) electrons. The molecule has 1 heterocycles. The van der Waals surface area contributed by atoms with Gasteiger partial charge in [0.1, 0.15) is 9.84 Å². The molecule has 0 bridgehead atoms. The highest BCUT2D eigenvalue weighted by Gasteiger charge is 2.20. The first-order valence-corrected chi connectivity index (χ1v) is 7.60. The number of carboxylic acid groups (broad SMARTS) is 1. The average Bonchev–Trinajstić information content (AvgIpc) is 2.56. The number of rotatable bonds is 6. The van der Waals surface area contributed by atoms with Crippen molar-refractivity contribution in [1.82, 2.24) is 15.0 Å². The molecule has 102 valence electrons.